The predicted octanol–water partition coefficient (Wildman–Crippen LogP) is 0.977. The Kier molecular flexibility index (Phi) is 5.18. The van der Waals surface area contributed by atoms with Crippen molar-refractivity contribution in [2.24, 2.45) is 5.73 Å². The number of likely N-dealkylation sites (tertiary alicyclic amines) is 1. The number of halogens is 1. The van der Waals surface area contributed by atoms with Crippen LogP contribution in [0.4, 0.5) is 0 Å². The lowest BCUT2D eigenvalue weighted by Gasteiger charge is -2.28. The Morgan fingerprint density at radius 2 is 2.12 bits per heavy atom. The van der Waals surface area contributed by atoms with Crippen LogP contribution < -0.4 is 5.73 Å². The molecule has 2 heterocycles. The fourth-order valence-corrected chi connectivity index (χ4v) is 1.81. The van der Waals surface area contributed by atoms with E-state index < -0.39 is 0 Å². The Labute approximate surface area is 102 Å². The summed E-state index contributed by atoms with van der Waals surface area (Å²) >= 11 is 0. The van der Waals surface area contributed by atoms with Crippen LogP contribution in [-0.2, 0) is 13.0 Å². The van der Waals surface area contributed by atoms with Gasteiger partial charge in [-0.3, -0.25) is 4.90 Å². The smallest absolute Gasteiger partial charge is 0.226 e. The monoisotopic (exact) mass is 246 g/mol. The highest BCUT2D eigenvalue weighted by molar-refractivity contribution is 5.85. The Bertz CT molecular complexity index is 310. The van der Waals surface area contributed by atoms with Crippen molar-refractivity contribution in [3.05, 3.63) is 11.7 Å². The molecule has 1 aromatic heterocycles. The molecule has 0 radical (unpaired) electrons. The molecule has 1 aliphatic heterocycles. The Morgan fingerprint density at radius 3 is 2.69 bits per heavy atom. The molecule has 0 amide bonds. The van der Waals surface area contributed by atoms with Crippen LogP contribution in [0.25, 0.3) is 0 Å². The van der Waals surface area contributed by atoms with E-state index in [0.29, 0.717) is 6.04 Å². The van der Waals surface area contributed by atoms with Gasteiger partial charge in [0, 0.05) is 25.6 Å². The summed E-state index contributed by atoms with van der Waals surface area (Å²) in [6.45, 7) is 4.88. The van der Waals surface area contributed by atoms with Crippen LogP contribution >= 0.6 is 12.4 Å². The third-order valence-electron chi connectivity index (χ3n) is 2.81. The average Bonchev–Trinajstić information content (AvgIpc) is 2.69. The first-order chi connectivity index (χ1) is 7.28. The Hall–Kier alpha value is -0.650. The number of aryl methyl sites for hydroxylation is 1. The van der Waals surface area contributed by atoms with Gasteiger partial charge in [0.05, 0.1) is 6.54 Å². The molecule has 1 aliphatic rings. The predicted molar refractivity (Wildman–Crippen MR) is 63.4 cm³/mol. The summed E-state index contributed by atoms with van der Waals surface area (Å²) in [6.07, 6.45) is 2.94. The van der Waals surface area contributed by atoms with E-state index in [1.807, 2.05) is 6.92 Å². The van der Waals surface area contributed by atoms with E-state index in [0.717, 1.165) is 50.6 Å². The van der Waals surface area contributed by atoms with E-state index in [-0.39, 0.29) is 12.4 Å². The van der Waals surface area contributed by atoms with Gasteiger partial charge in [-0.1, -0.05) is 12.1 Å². The summed E-state index contributed by atoms with van der Waals surface area (Å²) in [6, 6.07) is 0.373. The molecule has 0 aliphatic carbocycles. The normalized spacial score (nSPS) is 18.4. The molecule has 0 bridgehead atoms. The number of hydrogen-bond acceptors (Lipinski definition) is 5. The molecule has 0 atom stereocenters. The molecular formula is C10H19ClN4O. The van der Waals surface area contributed by atoms with Crippen molar-refractivity contribution in [2.75, 3.05) is 13.1 Å². The van der Waals surface area contributed by atoms with Gasteiger partial charge in [0.2, 0.25) is 5.89 Å². The fourth-order valence-electron chi connectivity index (χ4n) is 1.81. The van der Waals surface area contributed by atoms with Crippen LogP contribution in [0.3, 0.4) is 0 Å². The second-order valence-electron chi connectivity index (χ2n) is 4.07. The molecule has 0 unspecified atom stereocenters. The molecule has 2 rings (SSSR count). The van der Waals surface area contributed by atoms with Crippen LogP contribution in [0.2, 0.25) is 0 Å². The van der Waals surface area contributed by atoms with Gasteiger partial charge in [-0.15, -0.1) is 12.4 Å². The van der Waals surface area contributed by atoms with E-state index in [1.54, 1.807) is 0 Å². The number of hydrogen-bond donors (Lipinski definition) is 1. The van der Waals surface area contributed by atoms with Crippen LogP contribution in [0, 0.1) is 0 Å². The summed E-state index contributed by atoms with van der Waals surface area (Å²) in [5.74, 6) is 1.51. The minimum Gasteiger partial charge on any atom is -0.339 e. The average molecular weight is 247 g/mol. The van der Waals surface area contributed by atoms with Gasteiger partial charge in [-0.05, 0) is 12.8 Å². The molecule has 1 aromatic rings. The summed E-state index contributed by atoms with van der Waals surface area (Å²) in [5.41, 5.74) is 5.84. The van der Waals surface area contributed by atoms with Crippen molar-refractivity contribution < 1.29 is 4.52 Å². The molecule has 0 aromatic carbocycles. The Balaban J connectivity index is 0.00000128. The maximum atomic E-state index is 5.84. The number of aromatic nitrogens is 2. The largest absolute Gasteiger partial charge is 0.339 e. The number of piperidine rings is 1. The Morgan fingerprint density at radius 1 is 1.44 bits per heavy atom. The van der Waals surface area contributed by atoms with Gasteiger partial charge in [0.25, 0.3) is 0 Å². The summed E-state index contributed by atoms with van der Waals surface area (Å²) in [5, 5.41) is 3.94. The zero-order chi connectivity index (χ0) is 10.7. The van der Waals surface area contributed by atoms with Gasteiger partial charge < -0.3 is 10.3 Å². The molecule has 1 fully saturated rings. The molecule has 6 heteroatoms. The highest BCUT2D eigenvalue weighted by Crippen LogP contribution is 2.11. The van der Waals surface area contributed by atoms with Gasteiger partial charge >= 0.3 is 0 Å². The molecule has 0 saturated carbocycles. The van der Waals surface area contributed by atoms with E-state index in [4.69, 9.17) is 10.3 Å². The quantitative estimate of drug-likeness (QED) is 0.861. The summed E-state index contributed by atoms with van der Waals surface area (Å²) in [4.78, 5) is 6.62. The molecule has 0 spiro atoms. The van der Waals surface area contributed by atoms with Crippen LogP contribution in [0.15, 0.2) is 4.52 Å². The highest BCUT2D eigenvalue weighted by atomic mass is 35.5. The first-order valence-corrected chi connectivity index (χ1v) is 5.57. The molecule has 92 valence electrons. The summed E-state index contributed by atoms with van der Waals surface area (Å²) < 4.78 is 5.06. The van der Waals surface area contributed by atoms with E-state index in [9.17, 15) is 0 Å². The second kappa shape index (κ2) is 6.18. The van der Waals surface area contributed by atoms with Crippen LogP contribution in [-0.4, -0.2) is 34.2 Å². The van der Waals surface area contributed by atoms with E-state index >= 15 is 0 Å². The topological polar surface area (TPSA) is 68.2 Å². The van der Waals surface area contributed by atoms with E-state index in [1.165, 1.54) is 0 Å². The van der Waals surface area contributed by atoms with Crippen molar-refractivity contribution in [1.82, 2.24) is 15.0 Å². The molecule has 1 saturated heterocycles. The third-order valence-corrected chi connectivity index (χ3v) is 2.81. The van der Waals surface area contributed by atoms with Crippen LogP contribution in [0.1, 0.15) is 31.5 Å². The van der Waals surface area contributed by atoms with E-state index in [2.05, 4.69) is 15.0 Å². The van der Waals surface area contributed by atoms with Crippen molar-refractivity contribution in [3.8, 4) is 0 Å². The number of rotatable bonds is 3. The molecule has 2 N–H and O–H groups in total. The third kappa shape index (κ3) is 3.43. The first-order valence-electron chi connectivity index (χ1n) is 5.57. The lowest BCUT2D eigenvalue weighted by atomic mass is 10.1. The van der Waals surface area contributed by atoms with Crippen molar-refractivity contribution in [3.63, 3.8) is 0 Å². The minimum absolute atomic E-state index is 0. The standard InChI is InChI=1S/C10H18N4O.ClH/c1-2-10-12-9(13-15-10)7-14-5-3-8(11)4-6-14;/h8H,2-7,11H2,1H3;1H. The van der Waals surface area contributed by atoms with Gasteiger partial charge in [0.15, 0.2) is 5.82 Å². The van der Waals surface area contributed by atoms with Gasteiger partial charge in [-0.25, -0.2) is 0 Å². The number of nitrogens with zero attached hydrogens (tertiary/aromatic N) is 3. The fraction of sp³-hybridized carbons (Fsp3) is 0.800. The van der Waals surface area contributed by atoms with Crippen molar-refractivity contribution in [2.45, 2.75) is 38.8 Å². The van der Waals surface area contributed by atoms with Gasteiger partial charge in [0.1, 0.15) is 0 Å². The number of nitrogens with two attached hydrogens (primary N) is 1. The SMILES string of the molecule is CCc1nc(CN2CCC(N)CC2)no1.Cl. The van der Waals surface area contributed by atoms with Gasteiger partial charge in [-0.2, -0.15) is 4.98 Å². The van der Waals surface area contributed by atoms with Crippen molar-refractivity contribution in [1.29, 1.82) is 0 Å². The molecule has 16 heavy (non-hydrogen) atoms. The lowest BCUT2D eigenvalue weighted by Crippen LogP contribution is -2.39. The molecule has 5 nitrogen and oxygen atoms in total. The second-order valence-corrected chi connectivity index (χ2v) is 4.07. The van der Waals surface area contributed by atoms with Crippen LogP contribution in [0.5, 0.6) is 0 Å². The summed E-state index contributed by atoms with van der Waals surface area (Å²) in [7, 11) is 0. The lowest BCUT2D eigenvalue weighted by molar-refractivity contribution is 0.199. The maximum absolute atomic E-state index is 5.84. The minimum atomic E-state index is 0. The molecular weight excluding hydrogens is 228 g/mol. The zero-order valence-electron chi connectivity index (χ0n) is 9.56. The first kappa shape index (κ1) is 13.4. The highest BCUT2D eigenvalue weighted by Gasteiger charge is 2.17. The zero-order valence-corrected chi connectivity index (χ0v) is 10.4. The maximum Gasteiger partial charge on any atom is 0.226 e. The van der Waals surface area contributed by atoms with Crippen molar-refractivity contribution >= 4 is 12.4 Å².